The maximum atomic E-state index is 13.0. The van der Waals surface area contributed by atoms with E-state index in [1.807, 2.05) is 37.3 Å². The van der Waals surface area contributed by atoms with Gasteiger partial charge < -0.3 is 15.2 Å². The topological polar surface area (TPSA) is 92.7 Å². The van der Waals surface area contributed by atoms with Crippen molar-refractivity contribution in [2.24, 2.45) is 11.8 Å². The predicted octanol–water partition coefficient (Wildman–Crippen LogP) is 5.07. The second-order valence-corrected chi connectivity index (χ2v) is 8.88. The van der Waals surface area contributed by atoms with Crippen LogP contribution in [-0.4, -0.2) is 30.1 Å². The third-order valence-electron chi connectivity index (χ3n) is 5.58. The summed E-state index contributed by atoms with van der Waals surface area (Å²) in [6, 6.07) is 8.04. The van der Waals surface area contributed by atoms with Gasteiger partial charge in [0.1, 0.15) is 10.6 Å². The maximum Gasteiger partial charge on any atom is 0.341 e. The van der Waals surface area contributed by atoms with Crippen LogP contribution in [0.5, 0.6) is 0 Å². The molecule has 2 N–H and O–H groups in total. The number of hydrogen-bond donors (Lipinski definition) is 2. The van der Waals surface area contributed by atoms with Crippen LogP contribution in [0.3, 0.4) is 0 Å². The Labute approximate surface area is 185 Å². The lowest BCUT2D eigenvalue weighted by Gasteiger charge is -2.24. The summed E-state index contributed by atoms with van der Waals surface area (Å²) in [5, 5.41) is 12.7. The standard InChI is InChI=1S/C24H27NO5S/c1-4-7-15-10-12-16(13-11-15)19-14(2)31-22(20(19)24(29)30-3)25-21(26)17-8-5-6-9-18(17)23(27)28/h5-6,10-13,17-18H,4,7-9H2,1-3H3,(H,25,26)(H,27,28). The number of amides is 1. The van der Waals surface area contributed by atoms with Crippen LogP contribution in [-0.2, 0) is 20.7 Å². The molecule has 1 amide bonds. The highest BCUT2D eigenvalue weighted by atomic mass is 32.1. The molecular formula is C24H27NO5S. The van der Waals surface area contributed by atoms with Gasteiger partial charge in [-0.15, -0.1) is 11.3 Å². The molecule has 2 unspecified atom stereocenters. The van der Waals surface area contributed by atoms with Crippen LogP contribution in [0.4, 0.5) is 5.00 Å². The third kappa shape index (κ3) is 4.88. The minimum Gasteiger partial charge on any atom is -0.481 e. The van der Waals surface area contributed by atoms with Crippen molar-refractivity contribution >= 4 is 34.2 Å². The summed E-state index contributed by atoms with van der Waals surface area (Å²) in [5.41, 5.74) is 3.13. The molecule has 0 aliphatic heterocycles. The molecule has 1 aromatic heterocycles. The lowest BCUT2D eigenvalue weighted by atomic mass is 9.82. The molecule has 1 aliphatic carbocycles. The lowest BCUT2D eigenvalue weighted by Crippen LogP contribution is -2.34. The van der Waals surface area contributed by atoms with E-state index in [1.165, 1.54) is 24.0 Å². The summed E-state index contributed by atoms with van der Waals surface area (Å²) in [5.74, 6) is -3.39. The molecule has 31 heavy (non-hydrogen) atoms. The first-order valence-electron chi connectivity index (χ1n) is 10.4. The Hall–Kier alpha value is -2.93. The van der Waals surface area contributed by atoms with E-state index in [-0.39, 0.29) is 0 Å². The van der Waals surface area contributed by atoms with E-state index in [0.29, 0.717) is 23.4 Å². The van der Waals surface area contributed by atoms with Gasteiger partial charge in [-0.3, -0.25) is 9.59 Å². The van der Waals surface area contributed by atoms with Crippen LogP contribution in [0.2, 0.25) is 0 Å². The molecule has 1 heterocycles. The minimum absolute atomic E-state index is 0.305. The predicted molar refractivity (Wildman–Crippen MR) is 121 cm³/mol. The first-order chi connectivity index (χ1) is 14.9. The number of carboxylic acids is 1. The van der Waals surface area contributed by atoms with Crippen LogP contribution in [0, 0.1) is 18.8 Å². The quantitative estimate of drug-likeness (QED) is 0.462. The number of carbonyl (C=O) groups excluding carboxylic acids is 2. The monoisotopic (exact) mass is 441 g/mol. The Bertz CT molecular complexity index is 1010. The molecule has 164 valence electrons. The van der Waals surface area contributed by atoms with Gasteiger partial charge in [0.2, 0.25) is 5.91 Å². The molecule has 2 aromatic rings. The number of esters is 1. The smallest absolute Gasteiger partial charge is 0.341 e. The number of thiophene rings is 1. The zero-order valence-electron chi connectivity index (χ0n) is 17.9. The van der Waals surface area contributed by atoms with Crippen LogP contribution < -0.4 is 5.32 Å². The normalized spacial score (nSPS) is 17.9. The lowest BCUT2D eigenvalue weighted by molar-refractivity contribution is -0.146. The first kappa shape index (κ1) is 22.7. The van der Waals surface area contributed by atoms with Crippen molar-refractivity contribution in [2.45, 2.75) is 39.5 Å². The molecule has 1 aliphatic rings. The number of rotatable bonds is 7. The number of ether oxygens (including phenoxy) is 1. The highest BCUT2D eigenvalue weighted by Gasteiger charge is 2.35. The Morgan fingerprint density at radius 3 is 2.35 bits per heavy atom. The molecule has 1 aromatic carbocycles. The van der Waals surface area contributed by atoms with E-state index in [9.17, 15) is 19.5 Å². The van der Waals surface area contributed by atoms with Crippen molar-refractivity contribution in [1.82, 2.24) is 0 Å². The number of aliphatic carboxylic acids is 1. The molecule has 6 nitrogen and oxygen atoms in total. The van der Waals surface area contributed by atoms with Crippen LogP contribution in [0.25, 0.3) is 11.1 Å². The molecule has 3 rings (SSSR count). The third-order valence-corrected chi connectivity index (χ3v) is 6.60. The van der Waals surface area contributed by atoms with Gasteiger partial charge in [-0.25, -0.2) is 4.79 Å². The van der Waals surface area contributed by atoms with E-state index in [2.05, 4.69) is 12.2 Å². The first-order valence-corrected chi connectivity index (χ1v) is 11.2. The Morgan fingerprint density at radius 2 is 1.77 bits per heavy atom. The number of hydrogen-bond acceptors (Lipinski definition) is 5. The molecule has 0 fully saturated rings. The van der Waals surface area contributed by atoms with Crippen LogP contribution in [0.15, 0.2) is 36.4 Å². The second kappa shape index (κ2) is 9.92. The van der Waals surface area contributed by atoms with Crippen molar-refractivity contribution in [3.05, 3.63) is 52.4 Å². The summed E-state index contributed by atoms with van der Waals surface area (Å²) in [7, 11) is 1.31. The molecule has 0 spiro atoms. The molecule has 7 heteroatoms. The number of allylic oxidation sites excluding steroid dienone is 2. The Morgan fingerprint density at radius 1 is 1.13 bits per heavy atom. The Balaban J connectivity index is 1.96. The van der Waals surface area contributed by atoms with Crippen molar-refractivity contribution in [3.63, 3.8) is 0 Å². The molecular weight excluding hydrogens is 414 g/mol. The summed E-state index contributed by atoms with van der Waals surface area (Å²) < 4.78 is 5.01. The number of anilines is 1. The number of nitrogens with one attached hydrogen (secondary N) is 1. The van der Waals surface area contributed by atoms with Gasteiger partial charge in [-0.2, -0.15) is 0 Å². The number of methoxy groups -OCH3 is 1. The fourth-order valence-electron chi connectivity index (χ4n) is 3.99. The summed E-state index contributed by atoms with van der Waals surface area (Å²) in [6.45, 7) is 4.02. The van der Waals surface area contributed by atoms with Gasteiger partial charge in [0.25, 0.3) is 0 Å². The van der Waals surface area contributed by atoms with Gasteiger partial charge in [-0.05, 0) is 37.3 Å². The van der Waals surface area contributed by atoms with Crippen molar-refractivity contribution in [3.8, 4) is 11.1 Å². The largest absolute Gasteiger partial charge is 0.481 e. The zero-order valence-corrected chi connectivity index (χ0v) is 18.8. The van der Waals surface area contributed by atoms with Gasteiger partial charge >= 0.3 is 11.9 Å². The Kier molecular flexibility index (Phi) is 7.28. The number of benzene rings is 1. The van der Waals surface area contributed by atoms with Gasteiger partial charge in [0.05, 0.1) is 18.9 Å². The second-order valence-electron chi connectivity index (χ2n) is 7.66. The van der Waals surface area contributed by atoms with Gasteiger partial charge in [0, 0.05) is 10.4 Å². The van der Waals surface area contributed by atoms with Crippen molar-refractivity contribution in [2.75, 3.05) is 12.4 Å². The number of carbonyl (C=O) groups is 3. The van der Waals surface area contributed by atoms with E-state index >= 15 is 0 Å². The molecule has 2 atom stereocenters. The molecule has 0 saturated carbocycles. The summed E-state index contributed by atoms with van der Waals surface area (Å²) >= 11 is 1.30. The van der Waals surface area contributed by atoms with Crippen molar-refractivity contribution < 1.29 is 24.2 Å². The van der Waals surface area contributed by atoms with E-state index in [0.717, 1.165) is 28.8 Å². The summed E-state index contributed by atoms with van der Waals surface area (Å²) in [6.07, 6.45) is 6.32. The van der Waals surface area contributed by atoms with Crippen LogP contribution in [0.1, 0.15) is 47.0 Å². The van der Waals surface area contributed by atoms with Crippen LogP contribution >= 0.6 is 11.3 Å². The van der Waals surface area contributed by atoms with Crippen molar-refractivity contribution in [1.29, 1.82) is 0 Å². The molecule has 0 saturated heterocycles. The number of carboxylic acid groups (broad SMARTS) is 1. The summed E-state index contributed by atoms with van der Waals surface area (Å²) in [4.78, 5) is 38.1. The fourth-order valence-corrected chi connectivity index (χ4v) is 5.05. The van der Waals surface area contributed by atoms with E-state index < -0.39 is 29.7 Å². The minimum atomic E-state index is -0.993. The number of aryl methyl sites for hydroxylation is 2. The zero-order chi connectivity index (χ0) is 22.5. The highest BCUT2D eigenvalue weighted by molar-refractivity contribution is 7.17. The maximum absolute atomic E-state index is 13.0. The highest BCUT2D eigenvalue weighted by Crippen LogP contribution is 2.41. The van der Waals surface area contributed by atoms with E-state index in [4.69, 9.17) is 4.74 Å². The molecule has 0 bridgehead atoms. The van der Waals surface area contributed by atoms with E-state index in [1.54, 1.807) is 6.08 Å². The van der Waals surface area contributed by atoms with Gasteiger partial charge in [-0.1, -0.05) is 49.8 Å². The fraction of sp³-hybridized carbons (Fsp3) is 0.375. The molecule has 0 radical (unpaired) electrons. The van der Waals surface area contributed by atoms with Gasteiger partial charge in [0.15, 0.2) is 0 Å². The average Bonchev–Trinajstić information content (AvgIpc) is 3.09. The SMILES string of the molecule is CCCc1ccc(-c2c(C)sc(NC(=O)C3CC=CCC3C(=O)O)c2C(=O)OC)cc1. The average molecular weight is 442 g/mol.